The van der Waals surface area contributed by atoms with Gasteiger partial charge in [-0.1, -0.05) is 38.1 Å². The second-order valence-electron chi connectivity index (χ2n) is 6.90. The standard InChI is InChI=1S/C17H20N4O3/c1-17(2,3)16-20-15(24-21-16)12-7-5-4-6-11(12)14(23)19-10-8-13(22)18-9-10/h4-7,10H,8-9H2,1-3H3,(H,18,22)(H,19,23). The van der Waals surface area contributed by atoms with Gasteiger partial charge in [0.15, 0.2) is 5.82 Å². The molecule has 0 radical (unpaired) electrons. The van der Waals surface area contributed by atoms with Crippen molar-refractivity contribution in [1.29, 1.82) is 0 Å². The van der Waals surface area contributed by atoms with Crippen LogP contribution in [0.3, 0.4) is 0 Å². The number of nitrogens with zero attached hydrogens (tertiary/aromatic N) is 2. The van der Waals surface area contributed by atoms with Crippen LogP contribution >= 0.6 is 0 Å². The Balaban J connectivity index is 1.86. The van der Waals surface area contributed by atoms with Gasteiger partial charge in [-0.3, -0.25) is 9.59 Å². The van der Waals surface area contributed by atoms with E-state index in [2.05, 4.69) is 20.8 Å². The summed E-state index contributed by atoms with van der Waals surface area (Å²) in [4.78, 5) is 28.2. The van der Waals surface area contributed by atoms with Crippen molar-refractivity contribution in [3.8, 4) is 11.5 Å². The molecule has 0 spiro atoms. The highest BCUT2D eigenvalue weighted by Crippen LogP contribution is 2.26. The Bertz CT molecular complexity index is 776. The molecule has 24 heavy (non-hydrogen) atoms. The molecule has 1 aromatic carbocycles. The quantitative estimate of drug-likeness (QED) is 0.893. The number of carbonyl (C=O) groups is 2. The molecule has 2 heterocycles. The number of carbonyl (C=O) groups excluding carboxylic acids is 2. The average Bonchev–Trinajstić information content (AvgIpc) is 3.16. The Labute approximate surface area is 139 Å². The van der Waals surface area contributed by atoms with Crippen molar-refractivity contribution < 1.29 is 14.1 Å². The predicted molar refractivity (Wildman–Crippen MR) is 87.3 cm³/mol. The fraction of sp³-hybridized carbons (Fsp3) is 0.412. The minimum absolute atomic E-state index is 0.0553. The highest BCUT2D eigenvalue weighted by atomic mass is 16.5. The number of amides is 2. The number of hydrogen-bond donors (Lipinski definition) is 2. The Kier molecular flexibility index (Phi) is 4.09. The summed E-state index contributed by atoms with van der Waals surface area (Å²) in [5.74, 6) is 0.576. The third kappa shape index (κ3) is 3.29. The van der Waals surface area contributed by atoms with Gasteiger partial charge < -0.3 is 15.2 Å². The van der Waals surface area contributed by atoms with Crippen molar-refractivity contribution in [2.45, 2.75) is 38.6 Å². The fourth-order valence-corrected chi connectivity index (χ4v) is 2.48. The summed E-state index contributed by atoms with van der Waals surface area (Å²) in [5, 5.41) is 9.56. The second kappa shape index (κ2) is 6.07. The maximum Gasteiger partial charge on any atom is 0.258 e. The normalized spacial score (nSPS) is 17.6. The summed E-state index contributed by atoms with van der Waals surface area (Å²) < 4.78 is 5.35. The van der Waals surface area contributed by atoms with Crippen LogP contribution in [0.1, 0.15) is 43.4 Å². The zero-order chi connectivity index (χ0) is 17.3. The number of hydrogen-bond acceptors (Lipinski definition) is 5. The molecular formula is C17H20N4O3. The minimum atomic E-state index is -0.261. The topological polar surface area (TPSA) is 97.1 Å². The van der Waals surface area contributed by atoms with Gasteiger partial charge in [-0.05, 0) is 12.1 Å². The van der Waals surface area contributed by atoms with E-state index in [9.17, 15) is 9.59 Å². The molecule has 0 bridgehead atoms. The molecule has 2 aromatic rings. The van der Waals surface area contributed by atoms with Crippen LogP contribution in [0.25, 0.3) is 11.5 Å². The lowest BCUT2D eigenvalue weighted by Gasteiger charge is -2.12. The van der Waals surface area contributed by atoms with Crippen LogP contribution in [0.15, 0.2) is 28.8 Å². The lowest BCUT2D eigenvalue weighted by molar-refractivity contribution is -0.119. The van der Waals surface area contributed by atoms with Gasteiger partial charge in [-0.2, -0.15) is 4.98 Å². The lowest BCUT2D eigenvalue weighted by Crippen LogP contribution is -2.36. The molecule has 1 unspecified atom stereocenters. The van der Waals surface area contributed by atoms with Gasteiger partial charge in [0.2, 0.25) is 5.91 Å². The highest BCUT2D eigenvalue weighted by Gasteiger charge is 2.26. The van der Waals surface area contributed by atoms with E-state index in [0.717, 1.165) is 0 Å². The van der Waals surface area contributed by atoms with Crippen LogP contribution < -0.4 is 10.6 Å². The minimum Gasteiger partial charge on any atom is -0.354 e. The van der Waals surface area contributed by atoms with E-state index in [4.69, 9.17) is 4.52 Å². The SMILES string of the molecule is CC(C)(C)c1noc(-c2ccccc2C(=O)NC2CNC(=O)C2)n1. The fourth-order valence-electron chi connectivity index (χ4n) is 2.48. The van der Waals surface area contributed by atoms with E-state index in [1.165, 1.54) is 0 Å². The first kappa shape index (κ1) is 16.2. The molecule has 1 aromatic heterocycles. The maximum absolute atomic E-state index is 12.6. The molecule has 3 rings (SSSR count). The van der Waals surface area contributed by atoms with Gasteiger partial charge in [-0.15, -0.1) is 0 Å². The maximum atomic E-state index is 12.6. The van der Waals surface area contributed by atoms with Crippen molar-refractivity contribution in [2.75, 3.05) is 6.54 Å². The van der Waals surface area contributed by atoms with Crippen LogP contribution in [0.2, 0.25) is 0 Å². The number of benzene rings is 1. The molecule has 7 nitrogen and oxygen atoms in total. The summed E-state index contributed by atoms with van der Waals surface area (Å²) >= 11 is 0. The lowest BCUT2D eigenvalue weighted by atomic mass is 9.96. The van der Waals surface area contributed by atoms with Gasteiger partial charge in [0.05, 0.1) is 17.2 Å². The summed E-state index contributed by atoms with van der Waals surface area (Å²) in [6.45, 7) is 6.42. The van der Waals surface area contributed by atoms with Crippen molar-refractivity contribution in [1.82, 2.24) is 20.8 Å². The molecule has 2 amide bonds. The first-order valence-electron chi connectivity index (χ1n) is 7.86. The molecule has 1 aliphatic heterocycles. The van der Waals surface area contributed by atoms with Gasteiger partial charge in [-0.25, -0.2) is 0 Å². The molecule has 1 atom stereocenters. The molecular weight excluding hydrogens is 308 g/mol. The average molecular weight is 328 g/mol. The zero-order valence-electron chi connectivity index (χ0n) is 13.9. The van der Waals surface area contributed by atoms with Gasteiger partial charge in [0, 0.05) is 18.4 Å². The van der Waals surface area contributed by atoms with Crippen LogP contribution in [0, 0.1) is 0 Å². The first-order valence-corrected chi connectivity index (χ1v) is 7.86. The Morgan fingerprint density at radius 3 is 2.71 bits per heavy atom. The van der Waals surface area contributed by atoms with Crippen LogP contribution in [-0.2, 0) is 10.2 Å². The molecule has 1 fully saturated rings. The van der Waals surface area contributed by atoms with Crippen molar-refractivity contribution in [3.05, 3.63) is 35.7 Å². The molecule has 1 aliphatic rings. The Hall–Kier alpha value is -2.70. The predicted octanol–water partition coefficient (Wildman–Crippen LogP) is 1.65. The molecule has 0 saturated carbocycles. The van der Waals surface area contributed by atoms with E-state index in [1.54, 1.807) is 18.2 Å². The molecule has 126 valence electrons. The smallest absolute Gasteiger partial charge is 0.258 e. The Morgan fingerprint density at radius 2 is 2.08 bits per heavy atom. The van der Waals surface area contributed by atoms with E-state index in [-0.39, 0.29) is 23.3 Å². The third-order valence-electron chi connectivity index (χ3n) is 3.81. The molecule has 0 aliphatic carbocycles. The number of nitrogens with one attached hydrogen (secondary N) is 2. The van der Waals surface area contributed by atoms with Crippen LogP contribution in [0.5, 0.6) is 0 Å². The summed E-state index contributed by atoms with van der Waals surface area (Å²) in [6, 6.07) is 6.86. The number of aromatic nitrogens is 2. The van der Waals surface area contributed by atoms with E-state index in [0.29, 0.717) is 35.8 Å². The zero-order valence-corrected chi connectivity index (χ0v) is 13.9. The molecule has 7 heteroatoms. The number of rotatable bonds is 3. The monoisotopic (exact) mass is 328 g/mol. The third-order valence-corrected chi connectivity index (χ3v) is 3.81. The van der Waals surface area contributed by atoms with E-state index in [1.807, 2.05) is 26.8 Å². The van der Waals surface area contributed by atoms with Crippen LogP contribution in [0.4, 0.5) is 0 Å². The second-order valence-corrected chi connectivity index (χ2v) is 6.90. The van der Waals surface area contributed by atoms with Gasteiger partial charge in [0.25, 0.3) is 11.8 Å². The van der Waals surface area contributed by atoms with E-state index >= 15 is 0 Å². The highest BCUT2D eigenvalue weighted by molar-refractivity contribution is 6.00. The largest absolute Gasteiger partial charge is 0.354 e. The molecule has 1 saturated heterocycles. The van der Waals surface area contributed by atoms with Crippen molar-refractivity contribution >= 4 is 11.8 Å². The first-order chi connectivity index (χ1) is 11.3. The summed E-state index contributed by atoms with van der Waals surface area (Å²) in [5.41, 5.74) is 0.783. The van der Waals surface area contributed by atoms with Gasteiger partial charge >= 0.3 is 0 Å². The summed E-state index contributed by atoms with van der Waals surface area (Å²) in [7, 11) is 0. The van der Waals surface area contributed by atoms with Crippen molar-refractivity contribution in [2.24, 2.45) is 0 Å². The van der Waals surface area contributed by atoms with Crippen LogP contribution in [-0.4, -0.2) is 34.5 Å². The summed E-state index contributed by atoms with van der Waals surface area (Å²) in [6.07, 6.45) is 0.294. The van der Waals surface area contributed by atoms with E-state index < -0.39 is 0 Å². The van der Waals surface area contributed by atoms with Gasteiger partial charge in [0.1, 0.15) is 0 Å². The Morgan fingerprint density at radius 1 is 1.33 bits per heavy atom. The molecule has 2 N–H and O–H groups in total. The van der Waals surface area contributed by atoms with Crippen molar-refractivity contribution in [3.63, 3.8) is 0 Å².